The van der Waals surface area contributed by atoms with Crippen molar-refractivity contribution in [3.05, 3.63) is 18.0 Å². The third-order valence-electron chi connectivity index (χ3n) is 3.35. The van der Waals surface area contributed by atoms with Gasteiger partial charge in [0.2, 0.25) is 10.0 Å². The highest BCUT2D eigenvalue weighted by Crippen LogP contribution is 2.24. The van der Waals surface area contributed by atoms with Crippen molar-refractivity contribution in [3.8, 4) is 0 Å². The third kappa shape index (κ3) is 4.08. The van der Waals surface area contributed by atoms with Crippen molar-refractivity contribution in [2.24, 2.45) is 5.92 Å². The minimum Gasteiger partial charge on any atom is -0.390 e. The van der Waals surface area contributed by atoms with E-state index >= 15 is 0 Å². The summed E-state index contributed by atoms with van der Waals surface area (Å²) in [6.07, 6.45) is 1.63. The van der Waals surface area contributed by atoms with Crippen molar-refractivity contribution in [1.29, 1.82) is 0 Å². The molecule has 0 spiro atoms. The van der Waals surface area contributed by atoms with Crippen LogP contribution in [-0.4, -0.2) is 35.0 Å². The summed E-state index contributed by atoms with van der Waals surface area (Å²) >= 11 is 0. The van der Waals surface area contributed by atoms with Gasteiger partial charge in [-0.1, -0.05) is 13.8 Å². The van der Waals surface area contributed by atoms with Crippen molar-refractivity contribution in [2.75, 3.05) is 6.54 Å². The molecule has 0 aromatic carbocycles. The van der Waals surface area contributed by atoms with Crippen molar-refractivity contribution in [1.82, 2.24) is 8.87 Å². The standard InChI is InChI=1S/C15H28N2O3S/c1-11(2)8-17(13(5)6)21(19,20)15-7-14(10-18)16(9-15)12(3)4/h7,9,11-13,18H,8,10H2,1-6H3. The molecule has 0 atom stereocenters. The third-order valence-corrected chi connectivity index (χ3v) is 5.36. The van der Waals surface area contributed by atoms with E-state index in [0.717, 1.165) is 0 Å². The number of hydrogen-bond donors (Lipinski definition) is 1. The van der Waals surface area contributed by atoms with Gasteiger partial charge in [0.1, 0.15) is 4.90 Å². The number of aliphatic hydroxyl groups is 1. The highest BCUT2D eigenvalue weighted by atomic mass is 32.2. The summed E-state index contributed by atoms with van der Waals surface area (Å²) in [5.41, 5.74) is 0.622. The fourth-order valence-corrected chi connectivity index (χ4v) is 4.18. The fraction of sp³-hybridized carbons (Fsp3) is 0.733. The lowest BCUT2D eigenvalue weighted by atomic mass is 10.2. The largest absolute Gasteiger partial charge is 0.390 e. The smallest absolute Gasteiger partial charge is 0.244 e. The summed E-state index contributed by atoms with van der Waals surface area (Å²) in [7, 11) is -3.54. The molecule has 1 aromatic rings. The van der Waals surface area contributed by atoms with Gasteiger partial charge in [-0.25, -0.2) is 8.42 Å². The first-order chi connectivity index (χ1) is 9.61. The van der Waals surface area contributed by atoms with Crippen LogP contribution in [0, 0.1) is 5.92 Å². The van der Waals surface area contributed by atoms with Crippen LogP contribution < -0.4 is 0 Å². The molecule has 0 radical (unpaired) electrons. The minimum atomic E-state index is -3.54. The topological polar surface area (TPSA) is 62.5 Å². The van der Waals surface area contributed by atoms with E-state index in [9.17, 15) is 13.5 Å². The molecule has 0 aliphatic heterocycles. The molecule has 0 aliphatic carbocycles. The van der Waals surface area contributed by atoms with E-state index in [1.165, 1.54) is 4.31 Å². The molecular weight excluding hydrogens is 288 g/mol. The molecule has 1 heterocycles. The molecule has 0 amide bonds. The highest BCUT2D eigenvalue weighted by Gasteiger charge is 2.29. The maximum atomic E-state index is 12.8. The molecule has 122 valence electrons. The van der Waals surface area contributed by atoms with Crippen LogP contribution >= 0.6 is 0 Å². The maximum absolute atomic E-state index is 12.8. The van der Waals surface area contributed by atoms with Gasteiger partial charge in [0, 0.05) is 30.5 Å². The molecule has 1 rings (SSSR count). The number of sulfonamides is 1. The van der Waals surface area contributed by atoms with E-state index < -0.39 is 10.0 Å². The molecule has 0 unspecified atom stereocenters. The second kappa shape index (κ2) is 6.94. The summed E-state index contributed by atoms with van der Waals surface area (Å²) in [6.45, 7) is 12.0. The van der Waals surface area contributed by atoms with E-state index in [4.69, 9.17) is 0 Å². The maximum Gasteiger partial charge on any atom is 0.244 e. The lowest BCUT2D eigenvalue weighted by molar-refractivity contribution is 0.268. The molecule has 0 fully saturated rings. The Kier molecular flexibility index (Phi) is 6.01. The molecule has 0 aliphatic rings. The monoisotopic (exact) mass is 316 g/mol. The molecule has 1 aromatic heterocycles. The zero-order chi connectivity index (χ0) is 16.4. The van der Waals surface area contributed by atoms with Crippen LogP contribution in [0.2, 0.25) is 0 Å². The Morgan fingerprint density at radius 2 is 1.76 bits per heavy atom. The van der Waals surface area contributed by atoms with Gasteiger partial charge < -0.3 is 9.67 Å². The Morgan fingerprint density at radius 1 is 1.19 bits per heavy atom. The zero-order valence-electron chi connectivity index (χ0n) is 13.9. The first-order valence-electron chi connectivity index (χ1n) is 7.44. The Balaban J connectivity index is 3.28. The van der Waals surface area contributed by atoms with E-state index in [0.29, 0.717) is 12.2 Å². The van der Waals surface area contributed by atoms with Crippen LogP contribution in [-0.2, 0) is 16.6 Å². The van der Waals surface area contributed by atoms with Gasteiger partial charge >= 0.3 is 0 Å². The number of aliphatic hydroxyl groups excluding tert-OH is 1. The Morgan fingerprint density at radius 3 is 2.10 bits per heavy atom. The zero-order valence-corrected chi connectivity index (χ0v) is 14.7. The fourth-order valence-electron chi connectivity index (χ4n) is 2.33. The lowest BCUT2D eigenvalue weighted by Gasteiger charge is -2.27. The first-order valence-corrected chi connectivity index (χ1v) is 8.88. The van der Waals surface area contributed by atoms with Crippen molar-refractivity contribution in [3.63, 3.8) is 0 Å². The number of aromatic nitrogens is 1. The lowest BCUT2D eigenvalue weighted by Crippen LogP contribution is -2.39. The second-order valence-corrected chi connectivity index (χ2v) is 8.28. The molecule has 6 heteroatoms. The van der Waals surface area contributed by atoms with Gasteiger partial charge in [0.05, 0.1) is 6.61 Å². The molecule has 0 saturated heterocycles. The average molecular weight is 316 g/mol. The summed E-state index contributed by atoms with van der Waals surface area (Å²) in [5.74, 6) is 0.256. The Labute approximate surface area is 128 Å². The van der Waals surface area contributed by atoms with E-state index in [1.807, 2.05) is 41.5 Å². The van der Waals surface area contributed by atoms with Crippen LogP contribution in [0.25, 0.3) is 0 Å². The summed E-state index contributed by atoms with van der Waals surface area (Å²) < 4.78 is 29.0. The summed E-state index contributed by atoms with van der Waals surface area (Å²) in [4.78, 5) is 0.259. The average Bonchev–Trinajstić information content (AvgIpc) is 2.80. The van der Waals surface area contributed by atoms with Crippen LogP contribution in [0.3, 0.4) is 0 Å². The summed E-state index contributed by atoms with van der Waals surface area (Å²) in [6, 6.07) is 1.58. The van der Waals surface area contributed by atoms with Crippen molar-refractivity contribution < 1.29 is 13.5 Å². The molecule has 0 saturated carbocycles. The minimum absolute atomic E-state index is 0.0997. The SMILES string of the molecule is CC(C)CN(C(C)C)S(=O)(=O)c1cc(CO)n(C(C)C)c1. The van der Waals surface area contributed by atoms with Crippen molar-refractivity contribution >= 4 is 10.0 Å². The number of hydrogen-bond acceptors (Lipinski definition) is 3. The van der Waals surface area contributed by atoms with Crippen LogP contribution in [0.1, 0.15) is 53.3 Å². The van der Waals surface area contributed by atoms with Crippen LogP contribution in [0.5, 0.6) is 0 Å². The van der Waals surface area contributed by atoms with Gasteiger partial charge in [-0.05, 0) is 39.7 Å². The Bertz CT molecular complexity index is 559. The molecule has 0 bridgehead atoms. The van der Waals surface area contributed by atoms with E-state index in [-0.39, 0.29) is 29.5 Å². The second-order valence-electron chi connectivity index (χ2n) is 6.39. The molecule has 1 N–H and O–H groups in total. The Hall–Kier alpha value is -0.850. The normalized spacial score (nSPS) is 13.1. The molecule has 21 heavy (non-hydrogen) atoms. The number of rotatable bonds is 7. The quantitative estimate of drug-likeness (QED) is 0.841. The number of nitrogens with zero attached hydrogens (tertiary/aromatic N) is 2. The van der Waals surface area contributed by atoms with Gasteiger partial charge in [0.15, 0.2) is 0 Å². The van der Waals surface area contributed by atoms with Crippen molar-refractivity contribution in [2.45, 2.75) is 65.1 Å². The molecular formula is C15H28N2O3S. The van der Waals surface area contributed by atoms with Crippen LogP contribution in [0.15, 0.2) is 17.2 Å². The predicted octanol–water partition coefficient (Wildman–Crippen LogP) is 2.62. The first kappa shape index (κ1) is 18.2. The molecule has 5 nitrogen and oxygen atoms in total. The summed E-state index contributed by atoms with van der Waals surface area (Å²) in [5, 5.41) is 9.41. The highest BCUT2D eigenvalue weighted by molar-refractivity contribution is 7.89. The van der Waals surface area contributed by atoms with E-state index in [2.05, 4.69) is 0 Å². The van der Waals surface area contributed by atoms with Gasteiger partial charge in [-0.2, -0.15) is 4.31 Å². The predicted molar refractivity (Wildman–Crippen MR) is 84.6 cm³/mol. The van der Waals surface area contributed by atoms with Crippen LogP contribution in [0.4, 0.5) is 0 Å². The van der Waals surface area contributed by atoms with Gasteiger partial charge in [-0.3, -0.25) is 0 Å². The van der Waals surface area contributed by atoms with Gasteiger partial charge in [0.25, 0.3) is 0 Å². The van der Waals surface area contributed by atoms with E-state index in [1.54, 1.807) is 16.8 Å². The van der Waals surface area contributed by atoms with Gasteiger partial charge in [-0.15, -0.1) is 0 Å².